The zero-order valence-electron chi connectivity index (χ0n) is 16.0. The number of hydrogen-bond acceptors (Lipinski definition) is 5. The Morgan fingerprint density at radius 3 is 1.93 bits per heavy atom. The van der Waals surface area contributed by atoms with Gasteiger partial charge < -0.3 is 24.4 Å². The number of ether oxygens (including phenoxy) is 3. The van der Waals surface area contributed by atoms with Gasteiger partial charge in [-0.3, -0.25) is 0 Å². The smallest absolute Gasteiger partial charge is 0.203 e. The number of aromatic hydroxyl groups is 2. The second kappa shape index (κ2) is 8.39. The molecule has 3 aromatic rings. The summed E-state index contributed by atoms with van der Waals surface area (Å²) in [5.41, 5.74) is 3.03. The van der Waals surface area contributed by atoms with Gasteiger partial charge in [0.2, 0.25) is 5.75 Å². The van der Waals surface area contributed by atoms with Crippen LogP contribution in [0.2, 0.25) is 0 Å². The Morgan fingerprint density at radius 1 is 0.714 bits per heavy atom. The molecule has 0 aliphatic heterocycles. The van der Waals surface area contributed by atoms with E-state index in [9.17, 15) is 10.2 Å². The Bertz CT molecular complexity index is 968. The predicted molar refractivity (Wildman–Crippen MR) is 110 cm³/mol. The Kier molecular flexibility index (Phi) is 5.75. The van der Waals surface area contributed by atoms with Gasteiger partial charge in [0.25, 0.3) is 0 Å². The number of phenolic OH excluding ortho intramolecular Hbond substituents is 2. The Balaban J connectivity index is 2.02. The summed E-state index contributed by atoms with van der Waals surface area (Å²) in [7, 11) is 4.65. The van der Waals surface area contributed by atoms with E-state index >= 15 is 0 Å². The van der Waals surface area contributed by atoms with Crippen LogP contribution in [-0.4, -0.2) is 31.5 Å². The zero-order chi connectivity index (χ0) is 20.1. The molecule has 0 bridgehead atoms. The van der Waals surface area contributed by atoms with Crippen LogP contribution < -0.4 is 14.2 Å². The average Bonchev–Trinajstić information content (AvgIpc) is 2.74. The van der Waals surface area contributed by atoms with Crippen molar-refractivity contribution in [3.05, 3.63) is 65.7 Å². The maximum absolute atomic E-state index is 10.3. The molecule has 0 aromatic heterocycles. The number of hydrogen-bond donors (Lipinski definition) is 2. The highest BCUT2D eigenvalue weighted by molar-refractivity contribution is 5.80. The van der Waals surface area contributed by atoms with Crippen molar-refractivity contribution in [1.29, 1.82) is 0 Å². The molecule has 0 unspecified atom stereocenters. The number of rotatable bonds is 6. The lowest BCUT2D eigenvalue weighted by molar-refractivity contribution is 0.324. The minimum absolute atomic E-state index is 0.175. The van der Waals surface area contributed by atoms with Crippen molar-refractivity contribution in [2.45, 2.75) is 0 Å². The van der Waals surface area contributed by atoms with Crippen molar-refractivity contribution in [2.75, 3.05) is 21.3 Å². The van der Waals surface area contributed by atoms with E-state index in [1.54, 1.807) is 51.7 Å². The summed E-state index contributed by atoms with van der Waals surface area (Å²) in [6.07, 6.45) is 3.52. The van der Waals surface area contributed by atoms with Crippen molar-refractivity contribution < 1.29 is 24.4 Å². The molecule has 28 heavy (non-hydrogen) atoms. The first-order chi connectivity index (χ1) is 13.6. The van der Waals surface area contributed by atoms with Gasteiger partial charge in [-0.05, 0) is 41.0 Å². The van der Waals surface area contributed by atoms with Gasteiger partial charge in [-0.25, -0.2) is 0 Å². The molecule has 0 radical (unpaired) electrons. The first-order valence-corrected chi connectivity index (χ1v) is 8.67. The van der Waals surface area contributed by atoms with Crippen LogP contribution in [0.1, 0.15) is 11.1 Å². The third kappa shape index (κ3) is 3.88. The quantitative estimate of drug-likeness (QED) is 0.469. The van der Waals surface area contributed by atoms with E-state index in [1.807, 2.05) is 36.4 Å². The summed E-state index contributed by atoms with van der Waals surface area (Å²) < 4.78 is 16.1. The summed E-state index contributed by atoms with van der Waals surface area (Å²) >= 11 is 0. The molecule has 0 saturated heterocycles. The van der Waals surface area contributed by atoms with E-state index in [0.717, 1.165) is 16.7 Å². The largest absolute Gasteiger partial charge is 0.504 e. The Labute approximate surface area is 164 Å². The van der Waals surface area contributed by atoms with Crippen molar-refractivity contribution in [3.63, 3.8) is 0 Å². The molecule has 3 aromatic carbocycles. The van der Waals surface area contributed by atoms with Gasteiger partial charge in [-0.1, -0.05) is 42.5 Å². The van der Waals surface area contributed by atoms with Crippen LogP contribution in [0, 0.1) is 0 Å². The second-order valence-electron chi connectivity index (χ2n) is 6.09. The molecule has 0 fully saturated rings. The first kappa shape index (κ1) is 19.2. The average molecular weight is 378 g/mol. The third-order valence-corrected chi connectivity index (χ3v) is 4.37. The number of phenols is 2. The highest BCUT2D eigenvalue weighted by Gasteiger charge is 2.13. The SMILES string of the molecule is COc1cc(C=Cc2cc(-c3ccccc3)cc(O)c2O)cc(OC)c1OC. The molecule has 0 saturated carbocycles. The maximum Gasteiger partial charge on any atom is 0.203 e. The molecule has 0 atom stereocenters. The maximum atomic E-state index is 10.3. The summed E-state index contributed by atoms with van der Waals surface area (Å²) in [6, 6.07) is 16.6. The van der Waals surface area contributed by atoms with Gasteiger partial charge in [-0.15, -0.1) is 0 Å². The fraction of sp³-hybridized carbons (Fsp3) is 0.130. The molecule has 5 nitrogen and oxygen atoms in total. The Morgan fingerprint density at radius 2 is 1.36 bits per heavy atom. The van der Waals surface area contributed by atoms with Crippen LogP contribution in [0.3, 0.4) is 0 Å². The molecule has 3 rings (SSSR count). The van der Waals surface area contributed by atoms with Crippen LogP contribution in [-0.2, 0) is 0 Å². The van der Waals surface area contributed by atoms with Crippen molar-refractivity contribution in [3.8, 4) is 39.9 Å². The lowest BCUT2D eigenvalue weighted by Gasteiger charge is -2.13. The highest BCUT2D eigenvalue weighted by atomic mass is 16.5. The van der Waals surface area contributed by atoms with E-state index in [4.69, 9.17) is 14.2 Å². The van der Waals surface area contributed by atoms with Crippen LogP contribution in [0.25, 0.3) is 23.3 Å². The topological polar surface area (TPSA) is 68.2 Å². The van der Waals surface area contributed by atoms with Gasteiger partial charge in [0.05, 0.1) is 21.3 Å². The molecule has 144 valence electrons. The van der Waals surface area contributed by atoms with E-state index in [2.05, 4.69) is 0 Å². The predicted octanol–water partition coefficient (Wildman–Crippen LogP) is 4.96. The lowest BCUT2D eigenvalue weighted by Crippen LogP contribution is -1.95. The minimum atomic E-state index is -0.177. The lowest BCUT2D eigenvalue weighted by atomic mass is 10.0. The van der Waals surface area contributed by atoms with Gasteiger partial charge in [0, 0.05) is 5.56 Å². The monoisotopic (exact) mass is 378 g/mol. The van der Waals surface area contributed by atoms with E-state index in [-0.39, 0.29) is 11.5 Å². The van der Waals surface area contributed by atoms with Crippen molar-refractivity contribution >= 4 is 12.2 Å². The van der Waals surface area contributed by atoms with E-state index in [1.165, 1.54) is 0 Å². The standard InChI is InChI=1S/C23H22O5/c1-26-20-11-15(12-21(27-2)23(20)28-3)9-10-17-13-18(14-19(24)22(17)25)16-7-5-4-6-8-16/h4-14,24-25H,1-3H3. The molecule has 5 heteroatoms. The van der Waals surface area contributed by atoms with Crippen LogP contribution in [0.5, 0.6) is 28.7 Å². The fourth-order valence-electron chi connectivity index (χ4n) is 2.95. The zero-order valence-corrected chi connectivity index (χ0v) is 16.0. The van der Waals surface area contributed by atoms with Crippen LogP contribution in [0.4, 0.5) is 0 Å². The van der Waals surface area contributed by atoms with Crippen molar-refractivity contribution in [1.82, 2.24) is 0 Å². The summed E-state index contributed by atoms with van der Waals surface area (Å²) in [5.74, 6) is 1.22. The normalized spacial score (nSPS) is 10.8. The fourth-order valence-corrected chi connectivity index (χ4v) is 2.95. The molecule has 0 aliphatic carbocycles. The van der Waals surface area contributed by atoms with Gasteiger partial charge >= 0.3 is 0 Å². The van der Waals surface area contributed by atoms with Crippen LogP contribution in [0.15, 0.2) is 54.6 Å². The van der Waals surface area contributed by atoms with E-state index < -0.39 is 0 Å². The molecular weight excluding hydrogens is 356 g/mol. The minimum Gasteiger partial charge on any atom is -0.504 e. The molecule has 0 aliphatic rings. The summed E-state index contributed by atoms with van der Waals surface area (Å²) in [4.78, 5) is 0. The molecular formula is C23H22O5. The Hall–Kier alpha value is -3.60. The molecule has 0 heterocycles. The number of benzene rings is 3. The second-order valence-corrected chi connectivity index (χ2v) is 6.09. The molecule has 0 amide bonds. The van der Waals surface area contributed by atoms with Crippen molar-refractivity contribution in [2.24, 2.45) is 0 Å². The number of methoxy groups -OCH3 is 3. The molecule has 2 N–H and O–H groups in total. The highest BCUT2D eigenvalue weighted by Crippen LogP contribution is 2.39. The summed E-state index contributed by atoms with van der Waals surface area (Å²) in [5, 5.41) is 20.4. The van der Waals surface area contributed by atoms with E-state index in [0.29, 0.717) is 22.8 Å². The third-order valence-electron chi connectivity index (χ3n) is 4.37. The van der Waals surface area contributed by atoms with Gasteiger partial charge in [0.1, 0.15) is 0 Å². The first-order valence-electron chi connectivity index (χ1n) is 8.67. The van der Waals surface area contributed by atoms with Gasteiger partial charge in [-0.2, -0.15) is 0 Å². The van der Waals surface area contributed by atoms with Crippen LogP contribution >= 0.6 is 0 Å². The molecule has 0 spiro atoms. The van der Waals surface area contributed by atoms with Gasteiger partial charge in [0.15, 0.2) is 23.0 Å². The summed E-state index contributed by atoms with van der Waals surface area (Å²) in [6.45, 7) is 0.